The van der Waals surface area contributed by atoms with Gasteiger partial charge >= 0.3 is 0 Å². The highest BCUT2D eigenvalue weighted by Gasteiger charge is 2.12. The molecule has 0 aliphatic heterocycles. The average molecular weight is 268 g/mol. The summed E-state index contributed by atoms with van der Waals surface area (Å²) in [6.45, 7) is 2.58. The molecule has 19 heavy (non-hydrogen) atoms. The van der Waals surface area contributed by atoms with E-state index in [1.807, 2.05) is 0 Å². The number of carbonyl (C=O) groups is 1. The molecule has 0 aromatic carbocycles. The molecule has 106 valence electrons. The van der Waals surface area contributed by atoms with Crippen LogP contribution in [0.1, 0.15) is 16.1 Å². The summed E-state index contributed by atoms with van der Waals surface area (Å²) >= 11 is 0. The number of ether oxygens (including phenoxy) is 2. The Kier molecular flexibility index (Phi) is 6.20. The second kappa shape index (κ2) is 7.67. The SMILES string of the molecule is COCC(CNC(=O)c1cc(C)nc(NN)c1)OC. The summed E-state index contributed by atoms with van der Waals surface area (Å²) in [5, 5.41) is 2.77. The summed E-state index contributed by atoms with van der Waals surface area (Å²) in [6.07, 6.45) is -0.177. The van der Waals surface area contributed by atoms with Gasteiger partial charge in [-0.25, -0.2) is 10.8 Å². The summed E-state index contributed by atoms with van der Waals surface area (Å²) in [5.41, 5.74) is 3.63. The molecule has 1 aromatic heterocycles. The topological polar surface area (TPSA) is 98.5 Å². The molecule has 0 radical (unpaired) electrons. The number of rotatable bonds is 7. The van der Waals surface area contributed by atoms with Gasteiger partial charge in [0.15, 0.2) is 0 Å². The zero-order chi connectivity index (χ0) is 14.3. The van der Waals surface area contributed by atoms with E-state index in [9.17, 15) is 4.79 Å². The molecular weight excluding hydrogens is 248 g/mol. The molecule has 0 bridgehead atoms. The number of nitrogens with zero attached hydrogens (tertiary/aromatic N) is 1. The Bertz CT molecular complexity index is 425. The Morgan fingerprint density at radius 1 is 1.47 bits per heavy atom. The summed E-state index contributed by atoms with van der Waals surface area (Å²) in [5.74, 6) is 5.53. The van der Waals surface area contributed by atoms with Gasteiger partial charge in [0, 0.05) is 32.0 Å². The van der Waals surface area contributed by atoms with Crippen molar-refractivity contribution >= 4 is 11.7 Å². The second-order valence-electron chi connectivity index (χ2n) is 4.05. The monoisotopic (exact) mass is 268 g/mol. The Morgan fingerprint density at radius 2 is 2.21 bits per heavy atom. The van der Waals surface area contributed by atoms with E-state index in [-0.39, 0.29) is 12.0 Å². The van der Waals surface area contributed by atoms with Gasteiger partial charge in [-0.05, 0) is 19.1 Å². The first-order chi connectivity index (χ1) is 9.10. The maximum Gasteiger partial charge on any atom is 0.251 e. The molecule has 1 atom stereocenters. The number of hydrazine groups is 1. The van der Waals surface area contributed by atoms with Crippen LogP contribution >= 0.6 is 0 Å². The van der Waals surface area contributed by atoms with E-state index in [0.717, 1.165) is 0 Å². The van der Waals surface area contributed by atoms with Crippen LogP contribution in [0, 0.1) is 6.92 Å². The van der Waals surface area contributed by atoms with Crippen molar-refractivity contribution in [2.45, 2.75) is 13.0 Å². The minimum absolute atomic E-state index is 0.177. The number of hydrogen-bond acceptors (Lipinski definition) is 6. The largest absolute Gasteiger partial charge is 0.382 e. The zero-order valence-electron chi connectivity index (χ0n) is 11.4. The third kappa shape index (κ3) is 4.82. The lowest BCUT2D eigenvalue weighted by atomic mass is 10.2. The predicted octanol–water partition coefficient (Wildman–Crippen LogP) is 0.0668. The third-order valence-corrected chi connectivity index (χ3v) is 2.54. The highest BCUT2D eigenvalue weighted by molar-refractivity contribution is 5.95. The molecular formula is C12H20N4O3. The van der Waals surface area contributed by atoms with Crippen LogP contribution < -0.4 is 16.6 Å². The van der Waals surface area contributed by atoms with Gasteiger partial charge in [-0.2, -0.15) is 0 Å². The van der Waals surface area contributed by atoms with E-state index in [1.54, 1.807) is 33.3 Å². The standard InChI is InChI=1S/C12H20N4O3/c1-8-4-9(5-11(15-8)16-13)12(17)14-6-10(19-3)7-18-2/h4-5,10H,6-7,13H2,1-3H3,(H,14,17)(H,15,16). The maximum absolute atomic E-state index is 12.0. The first-order valence-corrected chi connectivity index (χ1v) is 5.86. The van der Waals surface area contributed by atoms with Crippen LogP contribution in [0.3, 0.4) is 0 Å². The second-order valence-corrected chi connectivity index (χ2v) is 4.05. The lowest BCUT2D eigenvalue weighted by Crippen LogP contribution is -2.35. The van der Waals surface area contributed by atoms with E-state index in [2.05, 4.69) is 15.7 Å². The van der Waals surface area contributed by atoms with Crippen molar-refractivity contribution in [1.29, 1.82) is 0 Å². The number of nitrogen functional groups attached to an aromatic ring is 1. The quantitative estimate of drug-likeness (QED) is 0.478. The molecule has 0 aliphatic rings. The normalized spacial score (nSPS) is 12.0. The Balaban J connectivity index is 2.65. The van der Waals surface area contributed by atoms with Crippen LogP contribution in [0.2, 0.25) is 0 Å². The van der Waals surface area contributed by atoms with Crippen molar-refractivity contribution in [3.8, 4) is 0 Å². The number of aryl methyl sites for hydroxylation is 1. The lowest BCUT2D eigenvalue weighted by molar-refractivity contribution is 0.0285. The lowest BCUT2D eigenvalue weighted by Gasteiger charge is -2.15. The van der Waals surface area contributed by atoms with Gasteiger partial charge in [0.1, 0.15) is 5.82 Å². The summed E-state index contributed by atoms with van der Waals surface area (Å²) in [4.78, 5) is 16.1. The van der Waals surface area contributed by atoms with E-state index in [0.29, 0.717) is 30.2 Å². The van der Waals surface area contributed by atoms with Crippen LogP contribution in [0.5, 0.6) is 0 Å². The van der Waals surface area contributed by atoms with E-state index in [1.165, 1.54) is 0 Å². The number of amides is 1. The van der Waals surface area contributed by atoms with E-state index in [4.69, 9.17) is 15.3 Å². The summed E-state index contributed by atoms with van der Waals surface area (Å²) < 4.78 is 10.1. The number of nitrogens with one attached hydrogen (secondary N) is 2. The molecule has 0 aliphatic carbocycles. The molecule has 1 unspecified atom stereocenters. The van der Waals surface area contributed by atoms with Gasteiger partial charge < -0.3 is 20.2 Å². The molecule has 1 rings (SSSR count). The third-order valence-electron chi connectivity index (χ3n) is 2.54. The van der Waals surface area contributed by atoms with Crippen molar-refractivity contribution in [3.63, 3.8) is 0 Å². The number of carbonyl (C=O) groups excluding carboxylic acids is 1. The van der Waals surface area contributed by atoms with Crippen LogP contribution in [-0.2, 0) is 9.47 Å². The fourth-order valence-electron chi connectivity index (χ4n) is 1.58. The average Bonchev–Trinajstić information content (AvgIpc) is 2.42. The highest BCUT2D eigenvalue weighted by Crippen LogP contribution is 2.09. The Labute approximate surface area is 112 Å². The fourth-order valence-corrected chi connectivity index (χ4v) is 1.58. The molecule has 0 fully saturated rings. The maximum atomic E-state index is 12.0. The van der Waals surface area contributed by atoms with Crippen LogP contribution in [0.25, 0.3) is 0 Å². The molecule has 7 heteroatoms. The van der Waals surface area contributed by atoms with Gasteiger partial charge in [0.25, 0.3) is 5.91 Å². The van der Waals surface area contributed by atoms with Gasteiger partial charge in [-0.1, -0.05) is 0 Å². The van der Waals surface area contributed by atoms with Crippen LogP contribution in [-0.4, -0.2) is 44.4 Å². The zero-order valence-corrected chi connectivity index (χ0v) is 11.4. The Morgan fingerprint density at radius 3 is 2.79 bits per heavy atom. The summed E-state index contributed by atoms with van der Waals surface area (Å²) in [6, 6.07) is 3.27. The summed E-state index contributed by atoms with van der Waals surface area (Å²) in [7, 11) is 3.15. The molecule has 0 spiro atoms. The molecule has 4 N–H and O–H groups in total. The first kappa shape index (κ1) is 15.4. The Hall–Kier alpha value is -1.70. The number of aromatic nitrogens is 1. The van der Waals surface area contributed by atoms with Crippen molar-refractivity contribution in [3.05, 3.63) is 23.4 Å². The number of pyridine rings is 1. The molecule has 1 heterocycles. The van der Waals surface area contributed by atoms with Crippen molar-refractivity contribution in [2.24, 2.45) is 5.84 Å². The predicted molar refractivity (Wildman–Crippen MR) is 71.8 cm³/mol. The minimum Gasteiger partial charge on any atom is -0.382 e. The highest BCUT2D eigenvalue weighted by atomic mass is 16.5. The number of nitrogens with two attached hydrogens (primary N) is 1. The molecule has 0 saturated carbocycles. The van der Waals surface area contributed by atoms with Crippen molar-refractivity contribution in [2.75, 3.05) is 32.8 Å². The first-order valence-electron chi connectivity index (χ1n) is 5.86. The number of hydrogen-bond donors (Lipinski definition) is 3. The van der Waals surface area contributed by atoms with E-state index >= 15 is 0 Å². The molecule has 1 amide bonds. The molecule has 1 aromatic rings. The van der Waals surface area contributed by atoms with Crippen LogP contribution in [0.4, 0.5) is 5.82 Å². The minimum atomic E-state index is -0.208. The van der Waals surface area contributed by atoms with Gasteiger partial charge in [-0.3, -0.25) is 4.79 Å². The van der Waals surface area contributed by atoms with Crippen LogP contribution in [0.15, 0.2) is 12.1 Å². The van der Waals surface area contributed by atoms with Crippen molar-refractivity contribution in [1.82, 2.24) is 10.3 Å². The van der Waals surface area contributed by atoms with Gasteiger partial charge in [-0.15, -0.1) is 0 Å². The fraction of sp³-hybridized carbons (Fsp3) is 0.500. The van der Waals surface area contributed by atoms with Gasteiger partial charge in [0.2, 0.25) is 0 Å². The molecule has 7 nitrogen and oxygen atoms in total. The van der Waals surface area contributed by atoms with E-state index < -0.39 is 0 Å². The number of anilines is 1. The van der Waals surface area contributed by atoms with Gasteiger partial charge in [0.05, 0.1) is 12.7 Å². The van der Waals surface area contributed by atoms with Crippen molar-refractivity contribution < 1.29 is 14.3 Å². The number of methoxy groups -OCH3 is 2. The smallest absolute Gasteiger partial charge is 0.251 e. The molecule has 0 saturated heterocycles.